The van der Waals surface area contributed by atoms with Gasteiger partial charge in [0, 0.05) is 11.6 Å². The van der Waals surface area contributed by atoms with E-state index in [1.807, 2.05) is 19.1 Å². The molecule has 0 fully saturated rings. The number of hydrogen-bond donors (Lipinski definition) is 1. The Morgan fingerprint density at radius 3 is 2.70 bits per heavy atom. The van der Waals surface area contributed by atoms with E-state index in [4.69, 9.17) is 16.9 Å². The van der Waals surface area contributed by atoms with Crippen LogP contribution in [0.3, 0.4) is 0 Å². The van der Waals surface area contributed by atoms with Gasteiger partial charge in [-0.05, 0) is 77.9 Å². The molecule has 0 saturated heterocycles. The Morgan fingerprint density at radius 1 is 1.18 bits per heavy atom. The molecule has 3 aromatic carbocycles. The van der Waals surface area contributed by atoms with Gasteiger partial charge in [0.15, 0.2) is 0 Å². The van der Waals surface area contributed by atoms with Crippen molar-refractivity contribution in [1.29, 1.82) is 5.26 Å². The standard InChI is InChI=1S/C25H21ClN2O4S/c1-16(11-19-6-5-17(15-27)12-23(19)25(29)30)18-3-2-4-22(14-18)33(31,32)28-10-9-20-13-21(26)7-8-24(20)28/h2-8,12-14,16H,9-11H2,1H3,(H,29,30). The smallest absolute Gasteiger partial charge is 0.336 e. The highest BCUT2D eigenvalue weighted by molar-refractivity contribution is 7.92. The summed E-state index contributed by atoms with van der Waals surface area (Å²) in [5.74, 6) is -1.24. The highest BCUT2D eigenvalue weighted by Gasteiger charge is 2.31. The number of benzene rings is 3. The minimum Gasteiger partial charge on any atom is -0.478 e. The van der Waals surface area contributed by atoms with Crippen molar-refractivity contribution < 1.29 is 18.3 Å². The van der Waals surface area contributed by atoms with E-state index in [1.165, 1.54) is 10.4 Å². The summed E-state index contributed by atoms with van der Waals surface area (Å²) < 4.78 is 28.2. The van der Waals surface area contributed by atoms with Crippen molar-refractivity contribution in [3.63, 3.8) is 0 Å². The van der Waals surface area contributed by atoms with Crippen LogP contribution < -0.4 is 4.31 Å². The van der Waals surface area contributed by atoms with Crippen LogP contribution >= 0.6 is 11.6 Å². The van der Waals surface area contributed by atoms with E-state index >= 15 is 0 Å². The number of anilines is 1. The molecule has 0 amide bonds. The maximum atomic E-state index is 13.4. The fourth-order valence-corrected chi connectivity index (χ4v) is 5.92. The third-order valence-electron chi connectivity index (χ3n) is 5.91. The molecule has 0 radical (unpaired) electrons. The van der Waals surface area contributed by atoms with E-state index in [0.29, 0.717) is 35.7 Å². The molecule has 0 aromatic heterocycles. The van der Waals surface area contributed by atoms with Crippen LogP contribution in [0.25, 0.3) is 0 Å². The second-order valence-electron chi connectivity index (χ2n) is 8.07. The fraction of sp³-hybridized carbons (Fsp3) is 0.200. The number of hydrogen-bond acceptors (Lipinski definition) is 4. The Bertz CT molecular complexity index is 1400. The van der Waals surface area contributed by atoms with Gasteiger partial charge in [0.05, 0.1) is 27.8 Å². The van der Waals surface area contributed by atoms with Gasteiger partial charge in [-0.3, -0.25) is 4.31 Å². The lowest BCUT2D eigenvalue weighted by atomic mass is 9.91. The fourth-order valence-electron chi connectivity index (χ4n) is 4.17. The maximum absolute atomic E-state index is 13.4. The molecule has 3 aromatic rings. The maximum Gasteiger partial charge on any atom is 0.336 e. The molecule has 1 atom stereocenters. The number of nitrogens with zero attached hydrogens (tertiary/aromatic N) is 2. The van der Waals surface area contributed by atoms with E-state index in [9.17, 15) is 18.3 Å². The number of aromatic carboxylic acids is 1. The molecule has 6 nitrogen and oxygen atoms in total. The number of rotatable bonds is 6. The minimum atomic E-state index is -3.76. The van der Waals surface area contributed by atoms with Crippen molar-refractivity contribution in [2.24, 2.45) is 0 Å². The van der Waals surface area contributed by atoms with Crippen LogP contribution in [-0.4, -0.2) is 26.0 Å². The molecule has 1 aliphatic heterocycles. The van der Waals surface area contributed by atoms with Gasteiger partial charge in [0.1, 0.15) is 0 Å². The zero-order valence-electron chi connectivity index (χ0n) is 17.8. The SMILES string of the molecule is CC(Cc1ccc(C#N)cc1C(=O)O)c1cccc(S(=O)(=O)N2CCc3cc(Cl)ccc32)c1. The summed E-state index contributed by atoms with van der Waals surface area (Å²) >= 11 is 6.05. The predicted octanol–water partition coefficient (Wildman–Crippen LogP) is 5.01. The summed E-state index contributed by atoms with van der Waals surface area (Å²) in [6, 6.07) is 18.5. The van der Waals surface area contributed by atoms with E-state index in [2.05, 4.69) is 0 Å². The first-order valence-corrected chi connectivity index (χ1v) is 12.2. The predicted molar refractivity (Wildman–Crippen MR) is 126 cm³/mol. The zero-order valence-corrected chi connectivity index (χ0v) is 19.4. The quantitative estimate of drug-likeness (QED) is 0.534. The van der Waals surface area contributed by atoms with Gasteiger partial charge < -0.3 is 5.11 Å². The molecule has 0 saturated carbocycles. The lowest BCUT2D eigenvalue weighted by Gasteiger charge is -2.21. The number of carboxylic acid groups (broad SMARTS) is 1. The van der Waals surface area contributed by atoms with Crippen molar-refractivity contribution in [2.45, 2.75) is 30.6 Å². The van der Waals surface area contributed by atoms with Crippen LogP contribution in [-0.2, 0) is 22.9 Å². The minimum absolute atomic E-state index is 0.0806. The Labute approximate surface area is 197 Å². The first-order chi connectivity index (χ1) is 15.7. The number of sulfonamides is 1. The molecule has 168 valence electrons. The first-order valence-electron chi connectivity index (χ1n) is 10.4. The van der Waals surface area contributed by atoms with Crippen molar-refractivity contribution in [2.75, 3.05) is 10.8 Å². The van der Waals surface area contributed by atoms with Gasteiger partial charge >= 0.3 is 5.97 Å². The van der Waals surface area contributed by atoms with Gasteiger partial charge in [-0.15, -0.1) is 0 Å². The summed E-state index contributed by atoms with van der Waals surface area (Å²) in [4.78, 5) is 11.8. The second kappa shape index (κ2) is 8.89. The average molecular weight is 481 g/mol. The number of halogens is 1. The number of fused-ring (bicyclic) bond motifs is 1. The van der Waals surface area contributed by atoms with E-state index in [1.54, 1.807) is 48.5 Å². The van der Waals surface area contributed by atoms with E-state index in [0.717, 1.165) is 11.1 Å². The molecule has 4 rings (SSSR count). The average Bonchev–Trinajstić information content (AvgIpc) is 3.23. The van der Waals surface area contributed by atoms with Gasteiger partial charge in [0.2, 0.25) is 0 Å². The van der Waals surface area contributed by atoms with Crippen LogP contribution in [0.2, 0.25) is 5.02 Å². The number of nitriles is 1. The third-order valence-corrected chi connectivity index (χ3v) is 7.95. The summed E-state index contributed by atoms with van der Waals surface area (Å²) in [5.41, 5.74) is 3.28. The molecule has 0 aliphatic carbocycles. The molecular weight excluding hydrogens is 460 g/mol. The van der Waals surface area contributed by atoms with Gasteiger partial charge in [-0.25, -0.2) is 13.2 Å². The van der Waals surface area contributed by atoms with Crippen LogP contribution in [0.5, 0.6) is 0 Å². The van der Waals surface area contributed by atoms with Crippen molar-refractivity contribution >= 4 is 33.3 Å². The lowest BCUT2D eigenvalue weighted by Crippen LogP contribution is -2.29. The molecular formula is C25H21ClN2O4S. The van der Waals surface area contributed by atoms with Gasteiger partial charge in [-0.1, -0.05) is 36.7 Å². The van der Waals surface area contributed by atoms with Gasteiger partial charge in [-0.2, -0.15) is 5.26 Å². The van der Waals surface area contributed by atoms with Crippen molar-refractivity contribution in [3.05, 3.63) is 93.5 Å². The molecule has 1 N–H and O–H groups in total. The monoisotopic (exact) mass is 480 g/mol. The van der Waals surface area contributed by atoms with Crippen molar-refractivity contribution in [1.82, 2.24) is 0 Å². The second-order valence-corrected chi connectivity index (χ2v) is 10.4. The number of carboxylic acids is 1. The molecule has 33 heavy (non-hydrogen) atoms. The van der Waals surface area contributed by atoms with Crippen molar-refractivity contribution in [3.8, 4) is 6.07 Å². The summed E-state index contributed by atoms with van der Waals surface area (Å²) in [6.45, 7) is 2.27. The third kappa shape index (κ3) is 4.45. The summed E-state index contributed by atoms with van der Waals surface area (Å²) in [5, 5.41) is 19.2. The Hall–Kier alpha value is -3.34. The largest absolute Gasteiger partial charge is 0.478 e. The molecule has 1 unspecified atom stereocenters. The summed E-state index contributed by atoms with van der Waals surface area (Å²) in [6.07, 6.45) is 0.990. The normalized spacial score (nSPS) is 13.9. The zero-order chi connectivity index (χ0) is 23.8. The molecule has 1 heterocycles. The van der Waals surface area contributed by atoms with Crippen LogP contribution in [0.4, 0.5) is 5.69 Å². The lowest BCUT2D eigenvalue weighted by molar-refractivity contribution is 0.0695. The van der Waals surface area contributed by atoms with E-state index < -0.39 is 16.0 Å². The topological polar surface area (TPSA) is 98.5 Å². The number of carbonyl (C=O) groups is 1. The Balaban J connectivity index is 1.63. The molecule has 0 bridgehead atoms. The van der Waals surface area contributed by atoms with Crippen LogP contribution in [0.1, 0.15) is 45.5 Å². The van der Waals surface area contributed by atoms with Crippen LogP contribution in [0.15, 0.2) is 65.6 Å². The summed E-state index contributed by atoms with van der Waals surface area (Å²) in [7, 11) is -3.76. The first kappa shape index (κ1) is 22.8. The van der Waals surface area contributed by atoms with Crippen LogP contribution in [0, 0.1) is 11.3 Å². The molecule has 8 heteroatoms. The Morgan fingerprint density at radius 2 is 1.97 bits per heavy atom. The van der Waals surface area contributed by atoms with E-state index in [-0.39, 0.29) is 21.9 Å². The molecule has 0 spiro atoms. The molecule has 1 aliphatic rings. The highest BCUT2D eigenvalue weighted by atomic mass is 35.5. The van der Waals surface area contributed by atoms with Gasteiger partial charge in [0.25, 0.3) is 10.0 Å². The Kier molecular flexibility index (Phi) is 6.15. The highest BCUT2D eigenvalue weighted by Crippen LogP contribution is 2.35.